The summed E-state index contributed by atoms with van der Waals surface area (Å²) < 4.78 is 0. The van der Waals surface area contributed by atoms with Gasteiger partial charge in [-0.05, 0) is 18.2 Å². The minimum absolute atomic E-state index is 0.222. The van der Waals surface area contributed by atoms with Crippen molar-refractivity contribution in [2.24, 2.45) is 10.2 Å². The summed E-state index contributed by atoms with van der Waals surface area (Å²) in [6.07, 6.45) is 0. The molecule has 0 aliphatic heterocycles. The number of azo groups is 1. The fourth-order valence-corrected chi connectivity index (χ4v) is 0.817. The molecule has 0 amide bonds. The summed E-state index contributed by atoms with van der Waals surface area (Å²) >= 11 is 0. The molecule has 12 heavy (non-hydrogen) atoms. The van der Waals surface area contributed by atoms with Gasteiger partial charge in [0.1, 0.15) is 0 Å². The molecule has 1 N–H and O–H groups in total. The van der Waals surface area contributed by atoms with Crippen molar-refractivity contribution in [2.45, 2.75) is 0 Å². The van der Waals surface area contributed by atoms with E-state index in [4.69, 9.17) is 5.11 Å². The van der Waals surface area contributed by atoms with Gasteiger partial charge in [-0.1, -0.05) is 6.07 Å². The minimum atomic E-state index is -0.955. The van der Waals surface area contributed by atoms with Crippen LogP contribution in [0.2, 0.25) is 0 Å². The summed E-state index contributed by atoms with van der Waals surface area (Å²) in [5, 5.41) is 15.9. The van der Waals surface area contributed by atoms with Gasteiger partial charge in [0.25, 0.3) is 0 Å². The third-order valence-electron chi connectivity index (χ3n) is 1.31. The predicted octanol–water partition coefficient (Wildman–Crippen LogP) is 2.10. The highest BCUT2D eigenvalue weighted by molar-refractivity contribution is 5.88. The predicted molar refractivity (Wildman–Crippen MR) is 43.8 cm³/mol. The van der Waals surface area contributed by atoms with Crippen LogP contribution < -0.4 is 0 Å². The van der Waals surface area contributed by atoms with Gasteiger partial charge in [0.05, 0.1) is 11.3 Å². The van der Waals surface area contributed by atoms with E-state index in [2.05, 4.69) is 10.2 Å². The van der Waals surface area contributed by atoms with Crippen molar-refractivity contribution in [3.63, 3.8) is 0 Å². The zero-order chi connectivity index (χ0) is 8.97. The van der Waals surface area contributed by atoms with Crippen LogP contribution in [0.5, 0.6) is 0 Å². The Morgan fingerprint density at radius 1 is 1.50 bits per heavy atom. The lowest BCUT2D eigenvalue weighted by Crippen LogP contribution is -1.94. The molecule has 0 bridgehead atoms. The molecule has 0 atom stereocenters. The maximum atomic E-state index is 10.5. The molecule has 0 aromatic heterocycles. The highest BCUT2D eigenvalue weighted by Gasteiger charge is 2.01. The van der Waals surface area contributed by atoms with E-state index < -0.39 is 5.97 Å². The second-order valence-corrected chi connectivity index (χ2v) is 2.16. The number of hydrogen-bond donors (Lipinski definition) is 1. The van der Waals surface area contributed by atoms with Gasteiger partial charge in [0.15, 0.2) is 0 Å². The molecule has 0 saturated carbocycles. The second-order valence-electron chi connectivity index (χ2n) is 2.16. The zero-order valence-electron chi connectivity index (χ0n) is 6.56. The van der Waals surface area contributed by atoms with Gasteiger partial charge in [-0.3, -0.25) is 0 Å². The third-order valence-corrected chi connectivity index (χ3v) is 1.31. The number of hydrogen-bond acceptors (Lipinski definition) is 3. The van der Waals surface area contributed by atoms with Gasteiger partial charge in [0, 0.05) is 7.05 Å². The lowest BCUT2D eigenvalue weighted by Gasteiger charge is -1.94. The molecule has 0 unspecified atom stereocenters. The molecule has 4 heteroatoms. The Bertz CT molecular complexity index is 321. The van der Waals surface area contributed by atoms with Crippen molar-refractivity contribution in [3.8, 4) is 0 Å². The summed E-state index contributed by atoms with van der Waals surface area (Å²) in [6.45, 7) is 0. The fraction of sp³-hybridized carbons (Fsp3) is 0.125. The molecule has 4 nitrogen and oxygen atoms in total. The van der Waals surface area contributed by atoms with Crippen LogP contribution in [0.3, 0.4) is 0 Å². The highest BCUT2D eigenvalue weighted by atomic mass is 16.4. The number of carboxylic acids is 1. The van der Waals surface area contributed by atoms with E-state index in [9.17, 15) is 4.79 Å². The van der Waals surface area contributed by atoms with E-state index in [0.29, 0.717) is 5.69 Å². The molecule has 1 aromatic carbocycles. The number of aromatic carboxylic acids is 1. The Kier molecular flexibility index (Phi) is 2.53. The minimum Gasteiger partial charge on any atom is -0.478 e. The zero-order valence-corrected chi connectivity index (χ0v) is 6.56. The molecule has 0 spiro atoms. The van der Waals surface area contributed by atoms with E-state index in [1.165, 1.54) is 19.2 Å². The molecule has 0 fully saturated rings. The van der Waals surface area contributed by atoms with E-state index in [1.54, 1.807) is 12.1 Å². The van der Waals surface area contributed by atoms with Crippen molar-refractivity contribution in [1.82, 2.24) is 0 Å². The largest absolute Gasteiger partial charge is 0.478 e. The lowest BCUT2D eigenvalue weighted by molar-refractivity contribution is 0.0697. The van der Waals surface area contributed by atoms with Crippen molar-refractivity contribution in [2.75, 3.05) is 7.05 Å². The first-order valence-electron chi connectivity index (χ1n) is 3.37. The first-order chi connectivity index (χ1) is 5.74. The monoisotopic (exact) mass is 164 g/mol. The maximum absolute atomic E-state index is 10.5. The molecule has 0 aliphatic rings. The van der Waals surface area contributed by atoms with Gasteiger partial charge < -0.3 is 5.11 Å². The van der Waals surface area contributed by atoms with E-state index >= 15 is 0 Å². The first kappa shape index (κ1) is 8.39. The molecule has 1 aromatic rings. The van der Waals surface area contributed by atoms with Crippen LogP contribution in [0.25, 0.3) is 0 Å². The Morgan fingerprint density at radius 3 is 2.83 bits per heavy atom. The Morgan fingerprint density at radius 2 is 2.25 bits per heavy atom. The van der Waals surface area contributed by atoms with Crippen molar-refractivity contribution >= 4 is 11.7 Å². The summed E-state index contributed by atoms with van der Waals surface area (Å²) in [6, 6.07) is 6.30. The van der Waals surface area contributed by atoms with Crippen LogP contribution in [0.15, 0.2) is 34.5 Å². The molecular weight excluding hydrogens is 156 g/mol. The summed E-state index contributed by atoms with van der Waals surface area (Å²) in [4.78, 5) is 10.5. The number of carbonyl (C=O) groups is 1. The van der Waals surface area contributed by atoms with Crippen LogP contribution >= 0.6 is 0 Å². The molecule has 0 heterocycles. The topological polar surface area (TPSA) is 62.0 Å². The van der Waals surface area contributed by atoms with Gasteiger partial charge >= 0.3 is 5.97 Å². The molecular formula is C8H8N2O2. The van der Waals surface area contributed by atoms with Crippen LogP contribution in [0.4, 0.5) is 5.69 Å². The van der Waals surface area contributed by atoms with Crippen LogP contribution in [0.1, 0.15) is 10.4 Å². The van der Waals surface area contributed by atoms with E-state index in [0.717, 1.165) is 0 Å². The summed E-state index contributed by atoms with van der Waals surface area (Å²) in [5.41, 5.74) is 0.775. The second kappa shape index (κ2) is 3.61. The standard InChI is InChI=1S/C8H8N2O2/c1-9-10-7-4-2-3-6(5-7)8(11)12/h2-5H,1H3,(H,11,12). The number of benzene rings is 1. The number of nitrogens with zero attached hydrogens (tertiary/aromatic N) is 2. The average Bonchev–Trinajstić information content (AvgIpc) is 2.05. The molecule has 0 radical (unpaired) electrons. The maximum Gasteiger partial charge on any atom is 0.335 e. The van der Waals surface area contributed by atoms with Crippen LogP contribution in [0, 0.1) is 0 Å². The fourth-order valence-electron chi connectivity index (χ4n) is 0.817. The molecule has 62 valence electrons. The normalized spacial score (nSPS) is 10.4. The highest BCUT2D eigenvalue weighted by Crippen LogP contribution is 2.13. The van der Waals surface area contributed by atoms with E-state index in [-0.39, 0.29) is 5.56 Å². The van der Waals surface area contributed by atoms with Crippen LogP contribution in [-0.2, 0) is 0 Å². The number of carboxylic acid groups (broad SMARTS) is 1. The van der Waals surface area contributed by atoms with Gasteiger partial charge in [-0.25, -0.2) is 4.79 Å². The van der Waals surface area contributed by atoms with Gasteiger partial charge in [-0.15, -0.1) is 0 Å². The van der Waals surface area contributed by atoms with Crippen LogP contribution in [-0.4, -0.2) is 18.1 Å². The average molecular weight is 164 g/mol. The van der Waals surface area contributed by atoms with Gasteiger partial charge in [-0.2, -0.15) is 10.2 Å². The Labute approximate surface area is 69.6 Å². The SMILES string of the molecule is CN=Nc1cccc(C(=O)O)c1. The smallest absolute Gasteiger partial charge is 0.335 e. The Hall–Kier alpha value is -1.71. The van der Waals surface area contributed by atoms with Crippen molar-refractivity contribution in [3.05, 3.63) is 29.8 Å². The molecule has 0 saturated heterocycles. The van der Waals surface area contributed by atoms with Crippen molar-refractivity contribution in [1.29, 1.82) is 0 Å². The quantitative estimate of drug-likeness (QED) is 0.680. The first-order valence-corrected chi connectivity index (χ1v) is 3.37. The Balaban J connectivity index is 3.03. The lowest BCUT2D eigenvalue weighted by atomic mass is 10.2. The molecule has 0 aliphatic carbocycles. The third kappa shape index (κ3) is 1.88. The summed E-state index contributed by atoms with van der Waals surface area (Å²) in [7, 11) is 1.54. The van der Waals surface area contributed by atoms with E-state index in [1.807, 2.05) is 0 Å². The molecule has 1 rings (SSSR count). The van der Waals surface area contributed by atoms with Gasteiger partial charge in [0.2, 0.25) is 0 Å². The number of rotatable bonds is 2. The van der Waals surface area contributed by atoms with Crippen molar-refractivity contribution < 1.29 is 9.90 Å². The summed E-state index contributed by atoms with van der Waals surface area (Å²) in [5.74, 6) is -0.955.